The van der Waals surface area contributed by atoms with Crippen LogP contribution in [0.4, 0.5) is 5.69 Å². The normalized spacial score (nSPS) is 11.3. The minimum absolute atomic E-state index is 0.111. The fraction of sp³-hybridized carbons (Fsp3) is 0.381. The third-order valence-electron chi connectivity index (χ3n) is 4.26. The molecule has 0 radical (unpaired) electrons. The molecule has 1 aromatic carbocycles. The molecule has 0 aliphatic carbocycles. The maximum Gasteiger partial charge on any atom is 0.221 e. The van der Waals surface area contributed by atoms with Gasteiger partial charge in [0.2, 0.25) is 11.1 Å². The highest BCUT2D eigenvalue weighted by Gasteiger charge is 2.17. The Kier molecular flexibility index (Phi) is 6.32. The van der Waals surface area contributed by atoms with E-state index in [0.29, 0.717) is 11.1 Å². The predicted molar refractivity (Wildman–Crippen MR) is 115 cm³/mol. The Bertz CT molecular complexity index is 1000. The first-order chi connectivity index (χ1) is 13.7. The molecule has 0 saturated carbocycles. The number of carbonyl (C=O) groups excluding carboxylic acids is 1. The van der Waals surface area contributed by atoms with Gasteiger partial charge in [-0.1, -0.05) is 33.8 Å². The minimum Gasteiger partial charge on any atom is -0.326 e. The van der Waals surface area contributed by atoms with E-state index < -0.39 is 0 Å². The number of aromatic nitrogens is 5. The molecule has 2 aromatic heterocycles. The van der Waals surface area contributed by atoms with Crippen molar-refractivity contribution < 1.29 is 4.79 Å². The molecule has 152 valence electrons. The summed E-state index contributed by atoms with van der Waals surface area (Å²) in [6, 6.07) is 9.63. The van der Waals surface area contributed by atoms with Crippen molar-refractivity contribution in [2.45, 2.75) is 63.6 Å². The molecular weight excluding hydrogens is 384 g/mol. The SMILES string of the molecule is CC(=O)Nc1cccc(-n2c(C)nnc2Sc2cc(C(C)C)nc(C(C)C)n2)c1. The summed E-state index contributed by atoms with van der Waals surface area (Å²) in [5, 5.41) is 13.0. The number of carbonyl (C=O) groups is 1. The van der Waals surface area contributed by atoms with E-state index in [1.54, 1.807) is 0 Å². The number of aryl methyl sites for hydroxylation is 1. The number of rotatable bonds is 6. The average molecular weight is 411 g/mol. The van der Waals surface area contributed by atoms with Gasteiger partial charge in [0.25, 0.3) is 0 Å². The first kappa shape index (κ1) is 21.0. The van der Waals surface area contributed by atoms with E-state index in [4.69, 9.17) is 9.97 Å². The van der Waals surface area contributed by atoms with E-state index in [9.17, 15) is 4.79 Å². The molecular formula is C21H26N6OS. The highest BCUT2D eigenvalue weighted by molar-refractivity contribution is 7.99. The number of anilines is 1. The molecule has 0 atom stereocenters. The zero-order valence-electron chi connectivity index (χ0n) is 17.6. The van der Waals surface area contributed by atoms with Crippen molar-refractivity contribution in [1.29, 1.82) is 0 Å². The van der Waals surface area contributed by atoms with Gasteiger partial charge in [0.05, 0.1) is 5.69 Å². The van der Waals surface area contributed by atoms with Crippen LogP contribution in [0.25, 0.3) is 5.69 Å². The number of nitrogens with one attached hydrogen (secondary N) is 1. The van der Waals surface area contributed by atoms with E-state index in [2.05, 4.69) is 43.2 Å². The van der Waals surface area contributed by atoms with Crippen LogP contribution >= 0.6 is 11.8 Å². The fourth-order valence-electron chi connectivity index (χ4n) is 2.79. The van der Waals surface area contributed by atoms with Gasteiger partial charge in [-0.2, -0.15) is 0 Å². The Hall–Kier alpha value is -2.74. The van der Waals surface area contributed by atoms with Crippen molar-refractivity contribution in [2.75, 3.05) is 5.32 Å². The number of benzene rings is 1. The molecule has 29 heavy (non-hydrogen) atoms. The van der Waals surface area contributed by atoms with Crippen LogP contribution in [-0.2, 0) is 4.79 Å². The molecule has 7 nitrogen and oxygen atoms in total. The quantitative estimate of drug-likeness (QED) is 0.592. The van der Waals surface area contributed by atoms with Crippen LogP contribution in [0.15, 0.2) is 40.5 Å². The molecule has 0 aliphatic rings. The number of nitrogens with zero attached hydrogens (tertiary/aromatic N) is 5. The van der Waals surface area contributed by atoms with E-state index >= 15 is 0 Å². The Morgan fingerprint density at radius 2 is 1.83 bits per heavy atom. The van der Waals surface area contributed by atoms with Crippen LogP contribution in [0.5, 0.6) is 0 Å². The largest absolute Gasteiger partial charge is 0.326 e. The predicted octanol–water partition coefficient (Wildman–Crippen LogP) is 4.72. The van der Waals surface area contributed by atoms with Gasteiger partial charge in [0.1, 0.15) is 16.7 Å². The summed E-state index contributed by atoms with van der Waals surface area (Å²) in [5.41, 5.74) is 2.62. The molecule has 3 rings (SSSR count). The van der Waals surface area contributed by atoms with Gasteiger partial charge in [0.15, 0.2) is 0 Å². The first-order valence-corrected chi connectivity index (χ1v) is 10.4. The number of amides is 1. The molecule has 8 heteroatoms. The van der Waals surface area contributed by atoms with E-state index in [1.807, 2.05) is 41.8 Å². The maximum absolute atomic E-state index is 11.4. The Balaban J connectivity index is 2.00. The van der Waals surface area contributed by atoms with Gasteiger partial charge in [0, 0.05) is 24.2 Å². The summed E-state index contributed by atoms with van der Waals surface area (Å²) in [4.78, 5) is 20.8. The third kappa shape index (κ3) is 5.00. The molecule has 0 fully saturated rings. The molecule has 1 N–H and O–H groups in total. The monoisotopic (exact) mass is 410 g/mol. The molecule has 3 aromatic rings. The summed E-state index contributed by atoms with van der Waals surface area (Å²) in [7, 11) is 0. The Labute approximate surface area is 175 Å². The Morgan fingerprint density at radius 3 is 2.48 bits per heavy atom. The lowest BCUT2D eigenvalue weighted by Gasteiger charge is -2.13. The minimum atomic E-state index is -0.111. The summed E-state index contributed by atoms with van der Waals surface area (Å²) in [6.45, 7) is 11.8. The highest BCUT2D eigenvalue weighted by Crippen LogP contribution is 2.30. The molecule has 0 unspecified atom stereocenters. The lowest BCUT2D eigenvalue weighted by molar-refractivity contribution is -0.114. The maximum atomic E-state index is 11.4. The van der Waals surface area contributed by atoms with Crippen molar-refractivity contribution in [2.24, 2.45) is 0 Å². The third-order valence-corrected chi connectivity index (χ3v) is 5.13. The number of hydrogen-bond acceptors (Lipinski definition) is 6. The zero-order valence-corrected chi connectivity index (χ0v) is 18.4. The lowest BCUT2D eigenvalue weighted by Crippen LogP contribution is -2.07. The van der Waals surface area contributed by atoms with Crippen LogP contribution in [0.1, 0.15) is 63.8 Å². The van der Waals surface area contributed by atoms with Gasteiger partial charge in [-0.15, -0.1) is 10.2 Å². The average Bonchev–Trinajstić information content (AvgIpc) is 3.01. The topological polar surface area (TPSA) is 85.6 Å². The van der Waals surface area contributed by atoms with Crippen LogP contribution < -0.4 is 5.32 Å². The van der Waals surface area contributed by atoms with Crippen molar-refractivity contribution in [3.8, 4) is 5.69 Å². The molecule has 1 amide bonds. The van der Waals surface area contributed by atoms with Crippen LogP contribution in [0.2, 0.25) is 0 Å². The summed E-state index contributed by atoms with van der Waals surface area (Å²) in [5.74, 6) is 2.02. The van der Waals surface area contributed by atoms with E-state index in [-0.39, 0.29) is 11.8 Å². The Morgan fingerprint density at radius 1 is 1.07 bits per heavy atom. The highest BCUT2D eigenvalue weighted by atomic mass is 32.2. The second-order valence-electron chi connectivity index (χ2n) is 7.50. The van der Waals surface area contributed by atoms with Gasteiger partial charge in [-0.3, -0.25) is 9.36 Å². The molecule has 0 spiro atoms. The van der Waals surface area contributed by atoms with E-state index in [1.165, 1.54) is 18.7 Å². The number of hydrogen-bond donors (Lipinski definition) is 1. The molecule has 0 bridgehead atoms. The summed E-state index contributed by atoms with van der Waals surface area (Å²) >= 11 is 1.46. The van der Waals surface area contributed by atoms with Crippen molar-refractivity contribution >= 4 is 23.4 Å². The van der Waals surface area contributed by atoms with Crippen molar-refractivity contribution in [1.82, 2.24) is 24.7 Å². The summed E-state index contributed by atoms with van der Waals surface area (Å²) in [6.07, 6.45) is 0. The smallest absolute Gasteiger partial charge is 0.221 e. The van der Waals surface area contributed by atoms with Gasteiger partial charge >= 0.3 is 0 Å². The van der Waals surface area contributed by atoms with Crippen molar-refractivity contribution in [3.63, 3.8) is 0 Å². The molecule has 2 heterocycles. The summed E-state index contributed by atoms with van der Waals surface area (Å²) < 4.78 is 1.96. The molecule has 0 aliphatic heterocycles. The second-order valence-corrected chi connectivity index (χ2v) is 8.48. The van der Waals surface area contributed by atoms with Crippen LogP contribution in [0, 0.1) is 6.92 Å². The van der Waals surface area contributed by atoms with Crippen LogP contribution in [-0.4, -0.2) is 30.6 Å². The van der Waals surface area contributed by atoms with E-state index in [0.717, 1.165) is 33.7 Å². The molecule has 0 saturated heterocycles. The van der Waals surface area contributed by atoms with Crippen LogP contribution in [0.3, 0.4) is 0 Å². The fourth-order valence-corrected chi connectivity index (χ4v) is 3.71. The second kappa shape index (κ2) is 8.73. The van der Waals surface area contributed by atoms with Gasteiger partial charge in [-0.05, 0) is 48.9 Å². The van der Waals surface area contributed by atoms with Crippen molar-refractivity contribution in [3.05, 3.63) is 47.7 Å². The van der Waals surface area contributed by atoms with Gasteiger partial charge in [-0.25, -0.2) is 9.97 Å². The van der Waals surface area contributed by atoms with Gasteiger partial charge < -0.3 is 5.32 Å². The lowest BCUT2D eigenvalue weighted by atomic mass is 10.1. The first-order valence-electron chi connectivity index (χ1n) is 9.61. The zero-order chi connectivity index (χ0) is 21.1. The standard InChI is InChI=1S/C21H26N6OS/c1-12(2)18-11-19(24-20(23-18)13(3)4)29-21-26-25-14(5)27(21)17-9-7-8-16(10-17)22-15(6)28/h7-13H,1-6H3,(H,22,28).